The molecule has 1 aliphatic heterocycles. The molecule has 0 spiro atoms. The molecule has 0 radical (unpaired) electrons. The second kappa shape index (κ2) is 10.0. The lowest BCUT2D eigenvalue weighted by Gasteiger charge is -2.34. The summed E-state index contributed by atoms with van der Waals surface area (Å²) < 4.78 is 44.6. The number of nitrogens with one attached hydrogen (secondary N) is 1. The van der Waals surface area contributed by atoms with E-state index in [9.17, 15) is 22.8 Å². The molecule has 6 nitrogen and oxygen atoms in total. The zero-order valence-electron chi connectivity index (χ0n) is 16.5. The van der Waals surface area contributed by atoms with Gasteiger partial charge in [-0.15, -0.1) is 0 Å². The zero-order valence-corrected chi connectivity index (χ0v) is 17.2. The number of halogens is 4. The third kappa shape index (κ3) is 6.60. The van der Waals surface area contributed by atoms with Crippen molar-refractivity contribution >= 4 is 29.1 Å². The Bertz CT molecular complexity index is 914. The summed E-state index contributed by atoms with van der Waals surface area (Å²) in [5.41, 5.74) is -1.16. The minimum absolute atomic E-state index is 0.0600. The minimum Gasteiger partial charge on any atom is -0.484 e. The van der Waals surface area contributed by atoms with Gasteiger partial charge in [0.05, 0.1) is 17.8 Å². The Hall–Kier alpha value is -2.78. The fourth-order valence-corrected chi connectivity index (χ4v) is 3.28. The summed E-state index contributed by atoms with van der Waals surface area (Å²) in [6.45, 7) is 1.48. The second-order valence-electron chi connectivity index (χ2n) is 6.99. The lowest BCUT2D eigenvalue weighted by molar-refractivity contribution is -0.137. The molecular weight excluding hydrogens is 435 g/mol. The van der Waals surface area contributed by atoms with Gasteiger partial charge in [-0.25, -0.2) is 0 Å². The van der Waals surface area contributed by atoms with Crippen LogP contribution in [0.15, 0.2) is 48.5 Å². The van der Waals surface area contributed by atoms with Crippen LogP contribution < -0.4 is 10.1 Å². The number of piperazine rings is 1. The Kier molecular flexibility index (Phi) is 7.40. The van der Waals surface area contributed by atoms with Crippen LogP contribution in [-0.4, -0.2) is 60.9 Å². The molecule has 0 unspecified atom stereocenters. The highest BCUT2D eigenvalue weighted by atomic mass is 35.5. The van der Waals surface area contributed by atoms with Crippen LogP contribution in [0.2, 0.25) is 5.02 Å². The van der Waals surface area contributed by atoms with Crippen molar-refractivity contribution in [2.75, 3.05) is 44.6 Å². The molecular formula is C21H21ClF3N3O3. The number of rotatable bonds is 6. The van der Waals surface area contributed by atoms with E-state index in [2.05, 4.69) is 5.32 Å². The van der Waals surface area contributed by atoms with Crippen LogP contribution in [0.25, 0.3) is 0 Å². The summed E-state index contributed by atoms with van der Waals surface area (Å²) in [5.74, 6) is -0.187. The maximum atomic E-state index is 13.0. The number of ether oxygens (including phenoxy) is 1. The molecule has 2 aromatic rings. The van der Waals surface area contributed by atoms with Crippen LogP contribution in [0, 0.1) is 0 Å². The third-order valence-electron chi connectivity index (χ3n) is 4.77. The molecule has 0 aliphatic carbocycles. The van der Waals surface area contributed by atoms with Gasteiger partial charge in [0.1, 0.15) is 5.75 Å². The van der Waals surface area contributed by atoms with E-state index in [0.717, 1.165) is 6.07 Å². The van der Waals surface area contributed by atoms with Gasteiger partial charge in [0.25, 0.3) is 5.91 Å². The Morgan fingerprint density at radius 2 is 1.65 bits per heavy atom. The standard InChI is InChI=1S/C21H21ClF3N3O3/c22-15-5-7-16(8-6-15)31-14-20(30)28-11-9-27(10-12-28)13-19(29)26-18-4-2-1-3-17(18)21(23,24)25/h1-8H,9-14H2,(H,26,29). The molecule has 1 fully saturated rings. The van der Waals surface area contributed by atoms with Crippen molar-refractivity contribution in [2.45, 2.75) is 6.18 Å². The molecule has 1 heterocycles. The van der Waals surface area contributed by atoms with Crippen molar-refractivity contribution in [3.63, 3.8) is 0 Å². The number of benzene rings is 2. The van der Waals surface area contributed by atoms with Crippen LogP contribution >= 0.6 is 11.6 Å². The molecule has 0 atom stereocenters. The van der Waals surface area contributed by atoms with E-state index < -0.39 is 17.6 Å². The molecule has 31 heavy (non-hydrogen) atoms. The molecule has 1 saturated heterocycles. The van der Waals surface area contributed by atoms with E-state index in [1.165, 1.54) is 18.2 Å². The summed E-state index contributed by atoms with van der Waals surface area (Å²) in [7, 11) is 0. The topological polar surface area (TPSA) is 61.9 Å². The fourth-order valence-electron chi connectivity index (χ4n) is 3.15. The Labute approximate surface area is 182 Å². The fraction of sp³-hybridized carbons (Fsp3) is 0.333. The molecule has 0 saturated carbocycles. The largest absolute Gasteiger partial charge is 0.484 e. The number of amides is 2. The molecule has 10 heteroatoms. The minimum atomic E-state index is -4.55. The normalized spacial score (nSPS) is 14.9. The molecule has 166 valence electrons. The highest BCUT2D eigenvalue weighted by Crippen LogP contribution is 2.34. The van der Waals surface area contributed by atoms with E-state index in [1.807, 2.05) is 0 Å². The first-order valence-electron chi connectivity index (χ1n) is 9.57. The molecule has 2 amide bonds. The molecule has 0 aromatic heterocycles. The van der Waals surface area contributed by atoms with Gasteiger partial charge >= 0.3 is 6.18 Å². The first-order chi connectivity index (χ1) is 14.7. The van der Waals surface area contributed by atoms with Gasteiger partial charge in [-0.2, -0.15) is 13.2 Å². The van der Waals surface area contributed by atoms with Gasteiger partial charge in [0.15, 0.2) is 6.61 Å². The summed E-state index contributed by atoms with van der Waals surface area (Å²) in [6.07, 6.45) is -4.55. The average Bonchev–Trinajstić information content (AvgIpc) is 2.73. The average molecular weight is 456 g/mol. The van der Waals surface area contributed by atoms with Crippen LogP contribution in [0.3, 0.4) is 0 Å². The van der Waals surface area contributed by atoms with Crippen molar-refractivity contribution < 1.29 is 27.5 Å². The zero-order chi connectivity index (χ0) is 22.4. The smallest absolute Gasteiger partial charge is 0.418 e. The van der Waals surface area contributed by atoms with Crippen molar-refractivity contribution in [1.82, 2.24) is 9.80 Å². The molecule has 3 rings (SSSR count). The quantitative estimate of drug-likeness (QED) is 0.724. The van der Waals surface area contributed by atoms with E-state index in [1.54, 1.807) is 34.1 Å². The van der Waals surface area contributed by atoms with Gasteiger partial charge < -0.3 is 15.0 Å². The summed E-state index contributed by atoms with van der Waals surface area (Å²) >= 11 is 5.80. The van der Waals surface area contributed by atoms with E-state index in [-0.39, 0.29) is 24.7 Å². The number of hydrogen-bond acceptors (Lipinski definition) is 4. The van der Waals surface area contributed by atoms with Crippen molar-refractivity contribution in [3.05, 3.63) is 59.1 Å². The van der Waals surface area contributed by atoms with Gasteiger partial charge in [0, 0.05) is 31.2 Å². The number of alkyl halides is 3. The summed E-state index contributed by atoms with van der Waals surface area (Å²) in [5, 5.41) is 2.90. The molecule has 0 bridgehead atoms. The van der Waals surface area contributed by atoms with Gasteiger partial charge in [-0.05, 0) is 36.4 Å². The molecule has 1 N–H and O–H groups in total. The highest BCUT2D eigenvalue weighted by Gasteiger charge is 2.33. The SMILES string of the molecule is O=C(CN1CCN(C(=O)COc2ccc(Cl)cc2)CC1)Nc1ccccc1C(F)(F)F. The Morgan fingerprint density at radius 1 is 1.00 bits per heavy atom. The van der Waals surface area contributed by atoms with Crippen LogP contribution in [0.4, 0.5) is 18.9 Å². The number of para-hydroxylation sites is 1. The Balaban J connectivity index is 1.44. The van der Waals surface area contributed by atoms with E-state index in [0.29, 0.717) is 37.0 Å². The van der Waals surface area contributed by atoms with Gasteiger partial charge in [0.2, 0.25) is 5.91 Å². The van der Waals surface area contributed by atoms with Crippen molar-refractivity contribution in [3.8, 4) is 5.75 Å². The number of nitrogens with zero attached hydrogens (tertiary/aromatic N) is 2. The highest BCUT2D eigenvalue weighted by molar-refractivity contribution is 6.30. The number of carbonyl (C=O) groups excluding carboxylic acids is 2. The van der Waals surface area contributed by atoms with Crippen molar-refractivity contribution in [2.24, 2.45) is 0 Å². The second-order valence-corrected chi connectivity index (χ2v) is 7.43. The maximum Gasteiger partial charge on any atom is 0.418 e. The van der Waals surface area contributed by atoms with E-state index >= 15 is 0 Å². The van der Waals surface area contributed by atoms with Gasteiger partial charge in [-0.3, -0.25) is 14.5 Å². The lowest BCUT2D eigenvalue weighted by atomic mass is 10.1. The number of carbonyl (C=O) groups is 2. The number of anilines is 1. The first-order valence-corrected chi connectivity index (χ1v) is 9.95. The van der Waals surface area contributed by atoms with Gasteiger partial charge in [-0.1, -0.05) is 23.7 Å². The first kappa shape index (κ1) is 22.9. The molecule has 1 aliphatic rings. The summed E-state index contributed by atoms with van der Waals surface area (Å²) in [6, 6.07) is 11.5. The predicted molar refractivity (Wildman–Crippen MR) is 110 cm³/mol. The lowest BCUT2D eigenvalue weighted by Crippen LogP contribution is -2.51. The van der Waals surface area contributed by atoms with Crippen LogP contribution in [-0.2, 0) is 15.8 Å². The third-order valence-corrected chi connectivity index (χ3v) is 5.03. The van der Waals surface area contributed by atoms with Crippen LogP contribution in [0.1, 0.15) is 5.56 Å². The molecule has 2 aromatic carbocycles. The van der Waals surface area contributed by atoms with Crippen LogP contribution in [0.5, 0.6) is 5.75 Å². The van der Waals surface area contributed by atoms with E-state index in [4.69, 9.17) is 16.3 Å². The number of hydrogen-bond donors (Lipinski definition) is 1. The monoisotopic (exact) mass is 455 g/mol. The maximum absolute atomic E-state index is 13.0. The van der Waals surface area contributed by atoms with Crippen molar-refractivity contribution in [1.29, 1.82) is 0 Å². The predicted octanol–water partition coefficient (Wildman–Crippen LogP) is 3.52. The Morgan fingerprint density at radius 3 is 2.29 bits per heavy atom. The summed E-state index contributed by atoms with van der Waals surface area (Å²) in [4.78, 5) is 28.0.